The molecule has 0 bridgehead atoms. The quantitative estimate of drug-likeness (QED) is 0.552. The molecule has 1 aliphatic rings. The zero-order valence-electron chi connectivity index (χ0n) is 17.2. The van der Waals surface area contributed by atoms with Crippen molar-refractivity contribution in [3.63, 3.8) is 0 Å². The predicted molar refractivity (Wildman–Crippen MR) is 103 cm³/mol. The van der Waals surface area contributed by atoms with Crippen molar-refractivity contribution in [3.8, 4) is 11.8 Å². The van der Waals surface area contributed by atoms with Crippen LogP contribution in [-0.4, -0.2) is 40.3 Å². The van der Waals surface area contributed by atoms with Crippen molar-refractivity contribution >= 4 is 11.9 Å². The third-order valence-corrected chi connectivity index (χ3v) is 4.32. The second-order valence-electron chi connectivity index (χ2n) is 7.36. The summed E-state index contributed by atoms with van der Waals surface area (Å²) in [5, 5.41) is 0. The van der Waals surface area contributed by atoms with E-state index in [2.05, 4.69) is 16.8 Å². The highest BCUT2D eigenvalue weighted by molar-refractivity contribution is 5.72. The fourth-order valence-electron chi connectivity index (χ4n) is 2.68. The summed E-state index contributed by atoms with van der Waals surface area (Å²) in [5.74, 6) is 3.73. The molecule has 2 heterocycles. The maximum Gasteiger partial charge on any atom is 0.330 e. The zero-order chi connectivity index (χ0) is 21.7. The maximum absolute atomic E-state index is 12.3. The molecule has 0 saturated carbocycles. The van der Waals surface area contributed by atoms with E-state index in [-0.39, 0.29) is 30.4 Å². The third-order valence-electron chi connectivity index (χ3n) is 4.32. The number of aromatic amines is 1. The molecule has 0 radical (unpaired) electrons. The molecule has 3 atom stereocenters. The van der Waals surface area contributed by atoms with Gasteiger partial charge in [-0.1, -0.05) is 33.6 Å². The molecule has 1 saturated heterocycles. The Kier molecular flexibility index (Phi) is 7.40. The van der Waals surface area contributed by atoms with Crippen LogP contribution in [0.3, 0.4) is 0 Å². The number of H-pyrrole nitrogens is 1. The van der Waals surface area contributed by atoms with Crippen molar-refractivity contribution in [2.24, 2.45) is 11.8 Å². The Labute approximate surface area is 168 Å². The Bertz CT molecular complexity index is 933. The van der Waals surface area contributed by atoms with E-state index in [0.29, 0.717) is 0 Å². The van der Waals surface area contributed by atoms with Gasteiger partial charge >= 0.3 is 17.6 Å². The molecule has 9 heteroatoms. The van der Waals surface area contributed by atoms with E-state index >= 15 is 0 Å². The van der Waals surface area contributed by atoms with E-state index < -0.39 is 41.6 Å². The Morgan fingerprint density at radius 1 is 1.24 bits per heavy atom. The molecule has 1 N–H and O–H groups in total. The smallest absolute Gasteiger partial charge is 0.330 e. The normalized spacial score (nSPS) is 21.0. The fourth-order valence-corrected chi connectivity index (χ4v) is 2.68. The standard InChI is InChI=1S/C20H26N2O7/c1-6-7-13-9-22(20(26)21-17(13)23)16-8-14(29-19(25)12(4)5)15(28-16)10-27-18(24)11(2)3/h9,11-12,14-16H,8,10H2,1-5H3,(H,21,23,26)/t14-,15+,16+/m0/s1. The van der Waals surface area contributed by atoms with Gasteiger partial charge in [-0.3, -0.25) is 23.9 Å². The van der Waals surface area contributed by atoms with Crippen LogP contribution in [0.25, 0.3) is 0 Å². The summed E-state index contributed by atoms with van der Waals surface area (Å²) < 4.78 is 17.8. The van der Waals surface area contributed by atoms with Gasteiger partial charge in [-0.2, -0.15) is 0 Å². The Morgan fingerprint density at radius 2 is 1.90 bits per heavy atom. The second kappa shape index (κ2) is 9.56. The lowest BCUT2D eigenvalue weighted by Gasteiger charge is -2.20. The van der Waals surface area contributed by atoms with Crippen LogP contribution in [0.1, 0.15) is 52.8 Å². The van der Waals surface area contributed by atoms with Gasteiger partial charge in [-0.15, -0.1) is 5.92 Å². The maximum atomic E-state index is 12.3. The molecule has 9 nitrogen and oxygen atoms in total. The number of rotatable bonds is 6. The van der Waals surface area contributed by atoms with Crippen LogP contribution in [-0.2, 0) is 23.8 Å². The van der Waals surface area contributed by atoms with E-state index in [0.717, 1.165) is 0 Å². The van der Waals surface area contributed by atoms with E-state index in [4.69, 9.17) is 14.2 Å². The lowest BCUT2D eigenvalue weighted by molar-refractivity contribution is -0.162. The zero-order valence-corrected chi connectivity index (χ0v) is 17.2. The molecular formula is C20H26N2O7. The number of ether oxygens (including phenoxy) is 3. The second-order valence-corrected chi connectivity index (χ2v) is 7.36. The number of carbonyl (C=O) groups is 2. The predicted octanol–water partition coefficient (Wildman–Crippen LogP) is 0.962. The average Bonchev–Trinajstić information content (AvgIpc) is 3.04. The van der Waals surface area contributed by atoms with Crippen LogP contribution in [0.5, 0.6) is 0 Å². The molecular weight excluding hydrogens is 380 g/mol. The molecule has 1 aliphatic heterocycles. The Hall–Kier alpha value is -2.86. The van der Waals surface area contributed by atoms with Gasteiger partial charge in [0.1, 0.15) is 30.6 Å². The van der Waals surface area contributed by atoms with Crippen LogP contribution in [0.4, 0.5) is 0 Å². The number of aromatic nitrogens is 2. The highest BCUT2D eigenvalue weighted by atomic mass is 16.6. The fraction of sp³-hybridized carbons (Fsp3) is 0.600. The lowest BCUT2D eigenvalue weighted by Crippen LogP contribution is -2.34. The molecule has 29 heavy (non-hydrogen) atoms. The van der Waals surface area contributed by atoms with Crippen molar-refractivity contribution in [2.45, 2.75) is 59.5 Å². The van der Waals surface area contributed by atoms with Gasteiger partial charge in [0, 0.05) is 12.6 Å². The van der Waals surface area contributed by atoms with E-state index in [1.165, 1.54) is 10.8 Å². The van der Waals surface area contributed by atoms with E-state index in [1.807, 2.05) is 0 Å². The number of nitrogens with zero attached hydrogens (tertiary/aromatic N) is 1. The molecule has 1 aromatic heterocycles. The molecule has 158 valence electrons. The third kappa shape index (κ3) is 5.57. The Balaban J connectivity index is 2.28. The summed E-state index contributed by atoms with van der Waals surface area (Å²) >= 11 is 0. The molecule has 0 aromatic carbocycles. The molecule has 1 aromatic rings. The van der Waals surface area contributed by atoms with Gasteiger partial charge in [-0.05, 0) is 6.92 Å². The topological polar surface area (TPSA) is 117 Å². The highest BCUT2D eigenvalue weighted by Gasteiger charge is 2.40. The minimum atomic E-state index is -0.815. The molecule has 0 amide bonds. The SMILES string of the molecule is CC#Cc1cn([C@H]2C[C@H](OC(=O)C(C)C)[C@@H](COC(=O)C(C)C)O2)c(=O)[nH]c1=O. The number of hydrogen-bond acceptors (Lipinski definition) is 7. The lowest BCUT2D eigenvalue weighted by atomic mass is 10.1. The van der Waals surface area contributed by atoms with Crippen LogP contribution >= 0.6 is 0 Å². The van der Waals surface area contributed by atoms with Crippen molar-refractivity contribution in [1.29, 1.82) is 0 Å². The Morgan fingerprint density at radius 3 is 2.48 bits per heavy atom. The summed E-state index contributed by atoms with van der Waals surface area (Å²) in [7, 11) is 0. The van der Waals surface area contributed by atoms with Crippen molar-refractivity contribution in [3.05, 3.63) is 32.6 Å². The minimum absolute atomic E-state index is 0.112. The number of hydrogen-bond donors (Lipinski definition) is 1. The number of carbonyl (C=O) groups excluding carboxylic acids is 2. The molecule has 0 aliphatic carbocycles. The van der Waals surface area contributed by atoms with Crippen molar-refractivity contribution < 1.29 is 23.8 Å². The van der Waals surface area contributed by atoms with Gasteiger partial charge in [0.15, 0.2) is 0 Å². The van der Waals surface area contributed by atoms with Gasteiger partial charge in [-0.25, -0.2) is 4.79 Å². The molecule has 0 spiro atoms. The first kappa shape index (κ1) is 22.4. The number of nitrogens with one attached hydrogen (secondary N) is 1. The largest absolute Gasteiger partial charge is 0.463 e. The first-order valence-electron chi connectivity index (χ1n) is 9.44. The molecule has 1 fully saturated rings. The van der Waals surface area contributed by atoms with Crippen LogP contribution in [0.2, 0.25) is 0 Å². The van der Waals surface area contributed by atoms with Gasteiger partial charge in [0.2, 0.25) is 0 Å². The summed E-state index contributed by atoms with van der Waals surface area (Å²) in [4.78, 5) is 50.2. The summed E-state index contributed by atoms with van der Waals surface area (Å²) in [6, 6.07) is 0. The van der Waals surface area contributed by atoms with Gasteiger partial charge in [0.05, 0.1) is 11.8 Å². The van der Waals surface area contributed by atoms with Crippen molar-refractivity contribution in [1.82, 2.24) is 9.55 Å². The van der Waals surface area contributed by atoms with Crippen molar-refractivity contribution in [2.75, 3.05) is 6.61 Å². The molecule has 0 unspecified atom stereocenters. The monoisotopic (exact) mass is 406 g/mol. The molecule has 2 rings (SSSR count). The minimum Gasteiger partial charge on any atom is -0.463 e. The van der Waals surface area contributed by atoms with Gasteiger partial charge in [0.25, 0.3) is 5.56 Å². The number of esters is 2. The highest BCUT2D eigenvalue weighted by Crippen LogP contribution is 2.31. The van der Waals surface area contributed by atoms with Crippen LogP contribution in [0, 0.1) is 23.7 Å². The van der Waals surface area contributed by atoms with Crippen LogP contribution < -0.4 is 11.2 Å². The summed E-state index contributed by atoms with van der Waals surface area (Å²) in [6.45, 7) is 8.25. The average molecular weight is 406 g/mol. The first-order chi connectivity index (χ1) is 13.6. The first-order valence-corrected chi connectivity index (χ1v) is 9.44. The van der Waals surface area contributed by atoms with E-state index in [9.17, 15) is 19.2 Å². The van der Waals surface area contributed by atoms with Crippen LogP contribution in [0.15, 0.2) is 15.8 Å². The van der Waals surface area contributed by atoms with Gasteiger partial charge < -0.3 is 14.2 Å². The summed E-state index contributed by atoms with van der Waals surface area (Å²) in [5.41, 5.74) is -1.15. The summed E-state index contributed by atoms with van der Waals surface area (Å²) in [6.07, 6.45) is -0.803. The van der Waals surface area contributed by atoms with E-state index in [1.54, 1.807) is 34.6 Å².